The number of amides is 1. The Hall–Kier alpha value is -5.12. The quantitative estimate of drug-likeness (QED) is 0.126. The molecule has 0 fully saturated rings. The average molecular weight is 580 g/mol. The fourth-order valence-corrected chi connectivity index (χ4v) is 4.97. The Labute approximate surface area is 248 Å². The molecule has 43 heavy (non-hydrogen) atoms. The summed E-state index contributed by atoms with van der Waals surface area (Å²) in [7, 11) is 0. The number of phenolic OH excluding ortho intramolecular Hbond substituents is 1. The summed E-state index contributed by atoms with van der Waals surface area (Å²) in [6.07, 6.45) is -1.10. The van der Waals surface area contributed by atoms with E-state index < -0.39 is 12.2 Å². The first-order valence-corrected chi connectivity index (χ1v) is 14.0. The first-order chi connectivity index (χ1) is 20.9. The molecule has 9 heteroatoms. The Bertz CT molecular complexity index is 1750. The smallest absolute Gasteiger partial charge is 0.412 e. The van der Waals surface area contributed by atoms with Crippen molar-refractivity contribution in [2.75, 3.05) is 18.0 Å². The van der Waals surface area contributed by atoms with Crippen molar-refractivity contribution in [2.24, 2.45) is 0 Å². The topological polar surface area (TPSA) is 135 Å². The second-order valence-electron chi connectivity index (χ2n) is 10.2. The molecule has 5 aromatic rings. The highest BCUT2D eigenvalue weighted by Crippen LogP contribution is 2.28. The summed E-state index contributed by atoms with van der Waals surface area (Å²) in [6.45, 7) is 1.51. The molecular weight excluding hydrogens is 546 g/mol. The minimum Gasteiger partial charge on any atom is -0.506 e. The molecule has 0 unspecified atom stereocenters. The number of H-pyrrole nitrogens is 1. The lowest BCUT2D eigenvalue weighted by atomic mass is 10.0. The fraction of sp³-hybridized carbons (Fsp3) is 0.176. The molecule has 0 saturated carbocycles. The van der Waals surface area contributed by atoms with Gasteiger partial charge in [0.25, 0.3) is 0 Å². The van der Waals surface area contributed by atoms with Gasteiger partial charge in [-0.25, -0.2) is 4.79 Å². The normalized spacial score (nSPS) is 11.7. The van der Waals surface area contributed by atoms with Crippen LogP contribution in [0.1, 0.15) is 28.4 Å². The number of carboxylic acid groups (broad SMARTS) is 1. The lowest BCUT2D eigenvalue weighted by Crippen LogP contribution is -2.28. The molecular formula is C34H33N3O6. The van der Waals surface area contributed by atoms with Crippen molar-refractivity contribution in [3.63, 3.8) is 0 Å². The fourth-order valence-electron chi connectivity index (χ4n) is 4.97. The molecule has 0 spiro atoms. The van der Waals surface area contributed by atoms with Gasteiger partial charge in [-0.2, -0.15) is 0 Å². The van der Waals surface area contributed by atoms with E-state index in [1.54, 1.807) is 24.3 Å². The highest BCUT2D eigenvalue weighted by atomic mass is 16.5. The van der Waals surface area contributed by atoms with Gasteiger partial charge in [-0.3, -0.25) is 9.69 Å². The zero-order chi connectivity index (χ0) is 30.2. The molecule has 1 atom stereocenters. The van der Waals surface area contributed by atoms with Crippen molar-refractivity contribution in [2.45, 2.75) is 25.7 Å². The lowest BCUT2D eigenvalue weighted by molar-refractivity contribution is 0.176. The number of benzene rings is 4. The van der Waals surface area contributed by atoms with Crippen molar-refractivity contribution in [3.8, 4) is 11.5 Å². The molecule has 0 bridgehead atoms. The molecule has 1 aromatic heterocycles. The molecule has 0 saturated heterocycles. The van der Waals surface area contributed by atoms with Gasteiger partial charge < -0.3 is 30.4 Å². The summed E-state index contributed by atoms with van der Waals surface area (Å²) >= 11 is 0. The number of fused-ring (bicyclic) bond motifs is 1. The molecule has 4 aromatic carbocycles. The van der Waals surface area contributed by atoms with Gasteiger partial charge in [0, 0.05) is 23.7 Å². The third-order valence-electron chi connectivity index (χ3n) is 7.13. The number of hydrogen-bond donors (Lipinski definition) is 5. The molecule has 0 aliphatic rings. The second-order valence-corrected chi connectivity index (χ2v) is 10.2. The zero-order valence-corrected chi connectivity index (χ0v) is 23.4. The van der Waals surface area contributed by atoms with Gasteiger partial charge in [-0.15, -0.1) is 0 Å². The van der Waals surface area contributed by atoms with Crippen LogP contribution in [0.25, 0.3) is 10.9 Å². The highest BCUT2D eigenvalue weighted by molar-refractivity contribution is 5.87. The van der Waals surface area contributed by atoms with E-state index in [2.05, 4.69) is 16.4 Å². The number of para-hydroxylation sites is 1. The van der Waals surface area contributed by atoms with Crippen LogP contribution in [-0.4, -0.2) is 39.5 Å². The summed E-state index contributed by atoms with van der Waals surface area (Å²) in [5.74, 6) is 0.615. The SMILES string of the molecule is O=C(O)N(Cc1cccc(OCc2cccc(CCNC[C@H](O)c3ccc(O)c4[nH]c(=O)ccc34)c2)c1)c1ccccc1. The lowest BCUT2D eigenvalue weighted by Gasteiger charge is -2.19. The average Bonchev–Trinajstić information content (AvgIpc) is 3.02. The van der Waals surface area contributed by atoms with E-state index in [1.807, 2.05) is 60.7 Å². The maximum absolute atomic E-state index is 11.9. The van der Waals surface area contributed by atoms with Crippen molar-refractivity contribution in [3.05, 3.63) is 136 Å². The van der Waals surface area contributed by atoms with Crippen LogP contribution in [0.5, 0.6) is 11.5 Å². The predicted molar refractivity (Wildman–Crippen MR) is 166 cm³/mol. The van der Waals surface area contributed by atoms with Crippen molar-refractivity contribution < 1.29 is 24.9 Å². The number of aliphatic hydroxyl groups is 1. The zero-order valence-electron chi connectivity index (χ0n) is 23.4. The third-order valence-corrected chi connectivity index (χ3v) is 7.13. The number of aliphatic hydroxyl groups excluding tert-OH is 1. The van der Waals surface area contributed by atoms with Gasteiger partial charge in [-0.05, 0) is 71.6 Å². The van der Waals surface area contributed by atoms with Gasteiger partial charge in [0.05, 0.1) is 18.2 Å². The Morgan fingerprint density at radius 2 is 1.65 bits per heavy atom. The van der Waals surface area contributed by atoms with E-state index in [-0.39, 0.29) is 17.9 Å². The molecule has 0 aliphatic heterocycles. The van der Waals surface area contributed by atoms with Gasteiger partial charge in [-0.1, -0.05) is 60.7 Å². The number of phenols is 1. The number of nitrogens with one attached hydrogen (secondary N) is 2. The molecule has 5 N–H and O–H groups in total. The molecule has 220 valence electrons. The van der Waals surface area contributed by atoms with Crippen LogP contribution in [0.2, 0.25) is 0 Å². The monoisotopic (exact) mass is 579 g/mol. The second kappa shape index (κ2) is 13.7. The Morgan fingerprint density at radius 1 is 0.884 bits per heavy atom. The van der Waals surface area contributed by atoms with Crippen LogP contribution in [-0.2, 0) is 19.6 Å². The van der Waals surface area contributed by atoms with E-state index in [1.165, 1.54) is 17.0 Å². The Balaban J connectivity index is 1.13. The van der Waals surface area contributed by atoms with Crippen LogP contribution >= 0.6 is 0 Å². The number of anilines is 1. The van der Waals surface area contributed by atoms with E-state index in [4.69, 9.17) is 4.74 Å². The van der Waals surface area contributed by atoms with Crippen molar-refractivity contribution in [1.29, 1.82) is 0 Å². The summed E-state index contributed by atoms with van der Waals surface area (Å²) in [4.78, 5) is 27.4. The van der Waals surface area contributed by atoms with Crippen LogP contribution in [0.15, 0.2) is 108 Å². The minimum atomic E-state index is -1.02. The van der Waals surface area contributed by atoms with Crippen LogP contribution in [0.3, 0.4) is 0 Å². The summed E-state index contributed by atoms with van der Waals surface area (Å²) < 4.78 is 6.04. The number of carbonyl (C=O) groups is 1. The Morgan fingerprint density at radius 3 is 2.47 bits per heavy atom. The minimum absolute atomic E-state index is 0.0407. The highest BCUT2D eigenvalue weighted by Gasteiger charge is 2.15. The van der Waals surface area contributed by atoms with E-state index in [9.17, 15) is 24.9 Å². The summed E-state index contributed by atoms with van der Waals surface area (Å²) in [6, 6.07) is 30.6. The molecule has 1 heterocycles. The number of rotatable bonds is 12. The van der Waals surface area contributed by atoms with Crippen LogP contribution < -0.4 is 20.5 Å². The van der Waals surface area contributed by atoms with Crippen molar-refractivity contribution >= 4 is 22.7 Å². The largest absolute Gasteiger partial charge is 0.506 e. The molecule has 1 amide bonds. The van der Waals surface area contributed by atoms with Crippen LogP contribution in [0, 0.1) is 0 Å². The molecule has 0 aliphatic carbocycles. The maximum Gasteiger partial charge on any atom is 0.412 e. The van der Waals surface area contributed by atoms with E-state index in [0.29, 0.717) is 47.6 Å². The number of ether oxygens (including phenoxy) is 1. The number of nitrogens with zero attached hydrogens (tertiary/aromatic N) is 1. The third kappa shape index (κ3) is 7.59. The first kappa shape index (κ1) is 29.4. The van der Waals surface area contributed by atoms with Gasteiger partial charge in [0.2, 0.25) is 5.56 Å². The van der Waals surface area contributed by atoms with E-state index >= 15 is 0 Å². The van der Waals surface area contributed by atoms with Crippen LogP contribution in [0.4, 0.5) is 10.5 Å². The van der Waals surface area contributed by atoms with Gasteiger partial charge in [0.15, 0.2) is 0 Å². The number of hydrogen-bond acceptors (Lipinski definition) is 6. The standard InChI is InChI=1S/C34H33N3O6/c38-30-14-12-28(29-13-15-32(40)36-33(29)30)31(39)20-35-17-16-23-6-4-8-25(18-23)22-43-27-11-5-7-24(19-27)21-37(34(41)42)26-9-2-1-3-10-26/h1-15,18-19,31,35,38-39H,16-17,20-22H2,(H,36,40)(H,41,42)/t31-/m0/s1. The van der Waals surface area contributed by atoms with E-state index in [0.717, 1.165) is 23.1 Å². The summed E-state index contributed by atoms with van der Waals surface area (Å²) in [5.41, 5.74) is 4.15. The predicted octanol–water partition coefficient (Wildman–Crippen LogP) is 5.36. The van der Waals surface area contributed by atoms with Gasteiger partial charge >= 0.3 is 6.09 Å². The molecule has 9 nitrogen and oxygen atoms in total. The maximum atomic E-state index is 11.9. The Kier molecular flexibility index (Phi) is 9.36. The number of aromatic amines is 1. The van der Waals surface area contributed by atoms with Gasteiger partial charge in [0.1, 0.15) is 18.1 Å². The number of aromatic hydroxyl groups is 1. The number of aromatic nitrogens is 1. The molecule has 0 radical (unpaired) electrons. The number of pyridine rings is 1. The first-order valence-electron chi connectivity index (χ1n) is 14.0. The van der Waals surface area contributed by atoms with Crippen molar-refractivity contribution in [1.82, 2.24) is 10.3 Å². The summed E-state index contributed by atoms with van der Waals surface area (Å²) in [5, 5.41) is 34.4. The molecule has 5 rings (SSSR count).